The third kappa shape index (κ3) is 3.66. The molecule has 3 aromatic rings. The number of aliphatic imine (C=N–C) groups is 1. The molecule has 0 spiro atoms. The highest BCUT2D eigenvalue weighted by atomic mass is 16.1. The smallest absolute Gasteiger partial charge is 0.251 e. The van der Waals surface area contributed by atoms with E-state index < -0.39 is 0 Å². The van der Waals surface area contributed by atoms with Crippen molar-refractivity contribution in [2.75, 3.05) is 13.1 Å². The third-order valence-corrected chi connectivity index (χ3v) is 3.69. The SMILES string of the molecule is Cc1ccc(C(=O)NCCN=Cc2c[nH]c3ccccc23)cc1. The highest BCUT2D eigenvalue weighted by Crippen LogP contribution is 2.15. The van der Waals surface area contributed by atoms with Gasteiger partial charge in [0.05, 0.1) is 6.54 Å². The molecule has 1 heterocycles. The second kappa shape index (κ2) is 6.92. The van der Waals surface area contributed by atoms with Crippen LogP contribution in [0, 0.1) is 6.92 Å². The molecule has 0 fully saturated rings. The fourth-order valence-corrected chi connectivity index (χ4v) is 2.40. The van der Waals surface area contributed by atoms with E-state index in [0.29, 0.717) is 18.7 Å². The highest BCUT2D eigenvalue weighted by Gasteiger charge is 2.03. The van der Waals surface area contributed by atoms with Gasteiger partial charge in [-0.1, -0.05) is 35.9 Å². The van der Waals surface area contributed by atoms with Gasteiger partial charge in [0.15, 0.2) is 0 Å². The van der Waals surface area contributed by atoms with Gasteiger partial charge in [-0.25, -0.2) is 0 Å². The standard InChI is InChI=1S/C19H19N3O/c1-14-6-8-15(9-7-14)19(23)21-11-10-20-12-16-13-22-18-5-3-2-4-17(16)18/h2-9,12-13,22H,10-11H2,1H3,(H,21,23). The first-order valence-corrected chi connectivity index (χ1v) is 7.65. The summed E-state index contributed by atoms with van der Waals surface area (Å²) in [5.74, 6) is -0.0627. The summed E-state index contributed by atoms with van der Waals surface area (Å²) in [7, 11) is 0. The summed E-state index contributed by atoms with van der Waals surface area (Å²) >= 11 is 0. The molecule has 0 bridgehead atoms. The number of carbonyl (C=O) groups is 1. The van der Waals surface area contributed by atoms with Crippen molar-refractivity contribution in [1.82, 2.24) is 10.3 Å². The summed E-state index contributed by atoms with van der Waals surface area (Å²) in [5, 5.41) is 4.03. The number of aryl methyl sites for hydroxylation is 1. The lowest BCUT2D eigenvalue weighted by atomic mass is 10.1. The Kier molecular flexibility index (Phi) is 4.52. The Bertz CT molecular complexity index is 831. The van der Waals surface area contributed by atoms with Crippen molar-refractivity contribution < 1.29 is 4.79 Å². The molecule has 4 nitrogen and oxygen atoms in total. The fourth-order valence-electron chi connectivity index (χ4n) is 2.40. The van der Waals surface area contributed by atoms with E-state index in [1.165, 1.54) is 0 Å². The quantitative estimate of drug-likeness (QED) is 0.551. The Labute approximate surface area is 135 Å². The number of benzene rings is 2. The summed E-state index contributed by atoms with van der Waals surface area (Å²) < 4.78 is 0. The number of carbonyl (C=O) groups excluding carboxylic acids is 1. The lowest BCUT2D eigenvalue weighted by Gasteiger charge is -2.03. The number of H-pyrrole nitrogens is 1. The molecular formula is C19H19N3O. The van der Waals surface area contributed by atoms with Gasteiger partial charge in [-0.3, -0.25) is 9.79 Å². The zero-order chi connectivity index (χ0) is 16.1. The van der Waals surface area contributed by atoms with Crippen molar-refractivity contribution in [1.29, 1.82) is 0 Å². The number of amides is 1. The molecule has 0 saturated carbocycles. The second-order valence-electron chi connectivity index (χ2n) is 5.45. The molecule has 1 amide bonds. The number of para-hydroxylation sites is 1. The molecule has 0 atom stereocenters. The first-order chi connectivity index (χ1) is 11.2. The fraction of sp³-hybridized carbons (Fsp3) is 0.158. The van der Waals surface area contributed by atoms with Crippen LogP contribution in [-0.2, 0) is 0 Å². The minimum atomic E-state index is -0.0627. The molecule has 1 aromatic heterocycles. The number of aromatic amines is 1. The number of nitrogens with zero attached hydrogens (tertiary/aromatic N) is 1. The monoisotopic (exact) mass is 305 g/mol. The van der Waals surface area contributed by atoms with E-state index in [9.17, 15) is 4.79 Å². The Morgan fingerprint density at radius 2 is 1.96 bits per heavy atom. The topological polar surface area (TPSA) is 57.2 Å². The van der Waals surface area contributed by atoms with E-state index in [4.69, 9.17) is 0 Å². The van der Waals surface area contributed by atoms with Crippen LogP contribution in [0.3, 0.4) is 0 Å². The first-order valence-electron chi connectivity index (χ1n) is 7.65. The van der Waals surface area contributed by atoms with Gasteiger partial charge in [0.25, 0.3) is 5.91 Å². The van der Waals surface area contributed by atoms with Gasteiger partial charge in [-0.05, 0) is 25.1 Å². The summed E-state index contributed by atoms with van der Waals surface area (Å²) in [6.45, 7) is 3.07. The Balaban J connectivity index is 1.51. The van der Waals surface area contributed by atoms with Crippen molar-refractivity contribution in [2.45, 2.75) is 6.92 Å². The molecule has 0 unspecified atom stereocenters. The van der Waals surface area contributed by atoms with Crippen molar-refractivity contribution in [2.24, 2.45) is 4.99 Å². The van der Waals surface area contributed by atoms with Crippen LogP contribution in [0.15, 0.2) is 59.7 Å². The Morgan fingerprint density at radius 3 is 2.78 bits per heavy atom. The van der Waals surface area contributed by atoms with Crippen LogP contribution >= 0.6 is 0 Å². The number of aromatic nitrogens is 1. The van der Waals surface area contributed by atoms with E-state index in [1.54, 1.807) is 0 Å². The average molecular weight is 305 g/mol. The normalized spacial score (nSPS) is 11.2. The van der Waals surface area contributed by atoms with Gasteiger partial charge >= 0.3 is 0 Å². The molecule has 116 valence electrons. The molecule has 0 aliphatic heterocycles. The predicted molar refractivity (Wildman–Crippen MR) is 94.3 cm³/mol. The lowest BCUT2D eigenvalue weighted by Crippen LogP contribution is -2.25. The molecule has 0 aliphatic carbocycles. The molecule has 0 radical (unpaired) electrons. The zero-order valence-corrected chi connectivity index (χ0v) is 13.0. The van der Waals surface area contributed by atoms with Gasteiger partial charge < -0.3 is 10.3 Å². The maximum Gasteiger partial charge on any atom is 0.251 e. The average Bonchev–Trinajstić information content (AvgIpc) is 2.98. The van der Waals surface area contributed by atoms with E-state index in [0.717, 1.165) is 22.0 Å². The van der Waals surface area contributed by atoms with Crippen LogP contribution in [0.2, 0.25) is 0 Å². The van der Waals surface area contributed by atoms with E-state index in [-0.39, 0.29) is 5.91 Å². The molecular weight excluding hydrogens is 286 g/mol. The van der Waals surface area contributed by atoms with Gasteiger partial charge in [0, 0.05) is 41.0 Å². The number of rotatable bonds is 5. The maximum atomic E-state index is 12.0. The molecule has 4 heteroatoms. The molecule has 2 aromatic carbocycles. The predicted octanol–water partition coefficient (Wildman–Crippen LogP) is 3.33. The van der Waals surface area contributed by atoms with Gasteiger partial charge in [0.1, 0.15) is 0 Å². The van der Waals surface area contributed by atoms with Crippen molar-refractivity contribution >= 4 is 23.0 Å². The van der Waals surface area contributed by atoms with E-state index in [1.807, 2.05) is 61.8 Å². The van der Waals surface area contributed by atoms with Crippen molar-refractivity contribution in [3.05, 3.63) is 71.4 Å². The number of hydrogen-bond donors (Lipinski definition) is 2. The van der Waals surface area contributed by atoms with Crippen LogP contribution in [-0.4, -0.2) is 30.2 Å². The van der Waals surface area contributed by atoms with Crippen LogP contribution in [0.5, 0.6) is 0 Å². The van der Waals surface area contributed by atoms with Crippen LogP contribution in [0.1, 0.15) is 21.5 Å². The molecule has 0 aliphatic rings. The van der Waals surface area contributed by atoms with Gasteiger partial charge in [-0.2, -0.15) is 0 Å². The van der Waals surface area contributed by atoms with Crippen molar-refractivity contribution in [3.8, 4) is 0 Å². The first kappa shape index (κ1) is 15.0. The summed E-state index contributed by atoms with van der Waals surface area (Å²) in [6.07, 6.45) is 3.79. The Morgan fingerprint density at radius 1 is 1.17 bits per heavy atom. The van der Waals surface area contributed by atoms with Gasteiger partial charge in [0.2, 0.25) is 0 Å². The number of fused-ring (bicyclic) bond motifs is 1. The summed E-state index contributed by atoms with van der Waals surface area (Å²) in [5.41, 5.74) is 3.98. The molecule has 23 heavy (non-hydrogen) atoms. The molecule has 2 N–H and O–H groups in total. The second-order valence-corrected chi connectivity index (χ2v) is 5.45. The van der Waals surface area contributed by atoms with Gasteiger partial charge in [-0.15, -0.1) is 0 Å². The molecule has 0 saturated heterocycles. The third-order valence-electron chi connectivity index (χ3n) is 3.69. The lowest BCUT2D eigenvalue weighted by molar-refractivity contribution is 0.0955. The van der Waals surface area contributed by atoms with Crippen molar-refractivity contribution in [3.63, 3.8) is 0 Å². The largest absolute Gasteiger partial charge is 0.361 e. The van der Waals surface area contributed by atoms with E-state index >= 15 is 0 Å². The van der Waals surface area contributed by atoms with Crippen LogP contribution in [0.4, 0.5) is 0 Å². The minimum absolute atomic E-state index is 0.0627. The van der Waals surface area contributed by atoms with Crippen LogP contribution < -0.4 is 5.32 Å². The van der Waals surface area contributed by atoms with Crippen LogP contribution in [0.25, 0.3) is 10.9 Å². The zero-order valence-electron chi connectivity index (χ0n) is 13.0. The minimum Gasteiger partial charge on any atom is -0.361 e. The Hall–Kier alpha value is -2.88. The number of hydrogen-bond acceptors (Lipinski definition) is 2. The van der Waals surface area contributed by atoms with E-state index in [2.05, 4.69) is 21.4 Å². The summed E-state index contributed by atoms with van der Waals surface area (Å²) in [6, 6.07) is 15.6. The summed E-state index contributed by atoms with van der Waals surface area (Å²) in [4.78, 5) is 19.6. The maximum absolute atomic E-state index is 12.0. The highest BCUT2D eigenvalue weighted by molar-refractivity contribution is 5.99. The number of nitrogens with one attached hydrogen (secondary N) is 2. The molecule has 3 rings (SSSR count).